The van der Waals surface area contributed by atoms with Gasteiger partial charge in [-0.05, 0) is 49.1 Å². The number of hydrogen-bond donors (Lipinski definition) is 2. The molecule has 0 radical (unpaired) electrons. The summed E-state index contributed by atoms with van der Waals surface area (Å²) < 4.78 is 0. The minimum absolute atomic E-state index is 0.411. The lowest BCUT2D eigenvalue weighted by Crippen LogP contribution is -2.42. The second-order valence-electron chi connectivity index (χ2n) is 5.10. The van der Waals surface area contributed by atoms with Crippen LogP contribution in [0.5, 0.6) is 0 Å². The Bertz CT molecular complexity index is 344. The van der Waals surface area contributed by atoms with Crippen molar-refractivity contribution in [2.75, 3.05) is 0 Å². The third-order valence-electron chi connectivity index (χ3n) is 3.92. The van der Waals surface area contributed by atoms with E-state index in [4.69, 9.17) is 5.84 Å². The van der Waals surface area contributed by atoms with Crippen molar-refractivity contribution in [2.45, 2.75) is 39.2 Å². The Morgan fingerprint density at radius 1 is 1.38 bits per heavy atom. The predicted molar refractivity (Wildman–Crippen MR) is 67.9 cm³/mol. The average Bonchev–Trinajstić information content (AvgIpc) is 3.11. The van der Waals surface area contributed by atoms with Crippen LogP contribution in [0.25, 0.3) is 0 Å². The van der Waals surface area contributed by atoms with Crippen molar-refractivity contribution in [3.63, 3.8) is 0 Å². The summed E-state index contributed by atoms with van der Waals surface area (Å²) in [6, 6.07) is 8.99. The molecule has 88 valence electrons. The van der Waals surface area contributed by atoms with Gasteiger partial charge in [-0.3, -0.25) is 11.3 Å². The standard InChI is InChI=1S/C14H22N2/c1-10-5-3-4-6-13(10)9-14(16-15)11(2)12-7-8-12/h3-6,11-12,14,16H,7-9,15H2,1-2H3. The molecule has 0 heterocycles. The molecule has 2 atom stereocenters. The van der Waals surface area contributed by atoms with Crippen molar-refractivity contribution in [2.24, 2.45) is 17.7 Å². The van der Waals surface area contributed by atoms with E-state index in [0.29, 0.717) is 12.0 Å². The van der Waals surface area contributed by atoms with Crippen molar-refractivity contribution in [1.29, 1.82) is 0 Å². The molecule has 2 heteroatoms. The number of rotatable bonds is 5. The smallest absolute Gasteiger partial charge is 0.0279 e. The lowest BCUT2D eigenvalue weighted by Gasteiger charge is -2.23. The fourth-order valence-electron chi connectivity index (χ4n) is 2.42. The van der Waals surface area contributed by atoms with Gasteiger partial charge in [0.05, 0.1) is 0 Å². The summed E-state index contributed by atoms with van der Waals surface area (Å²) in [5.41, 5.74) is 5.78. The summed E-state index contributed by atoms with van der Waals surface area (Å²) in [6.07, 6.45) is 3.81. The summed E-state index contributed by atoms with van der Waals surface area (Å²) in [7, 11) is 0. The zero-order chi connectivity index (χ0) is 11.5. The van der Waals surface area contributed by atoms with Crippen LogP contribution in [0.2, 0.25) is 0 Å². The Labute approximate surface area is 98.2 Å². The quantitative estimate of drug-likeness (QED) is 0.588. The Morgan fingerprint density at radius 3 is 2.62 bits per heavy atom. The third kappa shape index (κ3) is 2.63. The molecular weight excluding hydrogens is 196 g/mol. The molecule has 0 amide bonds. The molecule has 2 nitrogen and oxygen atoms in total. The van der Waals surface area contributed by atoms with E-state index in [1.165, 1.54) is 24.0 Å². The van der Waals surface area contributed by atoms with Gasteiger partial charge in [0.1, 0.15) is 0 Å². The molecule has 3 N–H and O–H groups in total. The average molecular weight is 218 g/mol. The predicted octanol–water partition coefficient (Wildman–Crippen LogP) is 2.42. The van der Waals surface area contributed by atoms with Gasteiger partial charge in [0, 0.05) is 6.04 Å². The summed E-state index contributed by atoms with van der Waals surface area (Å²) in [5.74, 6) is 7.27. The maximum atomic E-state index is 5.69. The van der Waals surface area contributed by atoms with Crippen LogP contribution in [0.1, 0.15) is 30.9 Å². The summed E-state index contributed by atoms with van der Waals surface area (Å²) in [5, 5.41) is 0. The van der Waals surface area contributed by atoms with E-state index >= 15 is 0 Å². The van der Waals surface area contributed by atoms with Crippen LogP contribution in [0.15, 0.2) is 24.3 Å². The first kappa shape index (κ1) is 11.6. The van der Waals surface area contributed by atoms with Gasteiger partial charge in [-0.25, -0.2) is 0 Å². The van der Waals surface area contributed by atoms with Gasteiger partial charge in [-0.15, -0.1) is 0 Å². The molecule has 0 spiro atoms. The number of hydrogen-bond acceptors (Lipinski definition) is 2. The number of benzene rings is 1. The molecule has 2 unspecified atom stereocenters. The van der Waals surface area contributed by atoms with Crippen LogP contribution in [-0.4, -0.2) is 6.04 Å². The molecule has 1 aliphatic rings. The molecule has 0 aromatic heterocycles. The maximum Gasteiger partial charge on any atom is 0.0279 e. The lowest BCUT2D eigenvalue weighted by atomic mass is 9.90. The highest BCUT2D eigenvalue weighted by Crippen LogP contribution is 2.38. The minimum Gasteiger partial charge on any atom is -0.271 e. The van der Waals surface area contributed by atoms with E-state index in [1.54, 1.807) is 0 Å². The van der Waals surface area contributed by atoms with Crippen molar-refractivity contribution in [3.05, 3.63) is 35.4 Å². The third-order valence-corrected chi connectivity index (χ3v) is 3.92. The van der Waals surface area contributed by atoms with Crippen LogP contribution in [0.3, 0.4) is 0 Å². The van der Waals surface area contributed by atoms with Crippen LogP contribution in [0.4, 0.5) is 0 Å². The first-order chi connectivity index (χ1) is 7.72. The largest absolute Gasteiger partial charge is 0.271 e. The van der Waals surface area contributed by atoms with E-state index in [2.05, 4.69) is 43.5 Å². The summed E-state index contributed by atoms with van der Waals surface area (Å²) in [4.78, 5) is 0. The molecule has 1 saturated carbocycles. The molecule has 0 saturated heterocycles. The van der Waals surface area contributed by atoms with E-state index in [9.17, 15) is 0 Å². The zero-order valence-corrected chi connectivity index (χ0v) is 10.2. The van der Waals surface area contributed by atoms with Gasteiger partial charge in [-0.1, -0.05) is 31.2 Å². The molecule has 0 bridgehead atoms. The van der Waals surface area contributed by atoms with E-state index in [1.807, 2.05) is 0 Å². The number of hydrazine groups is 1. The number of aryl methyl sites for hydroxylation is 1. The second kappa shape index (κ2) is 4.98. The minimum atomic E-state index is 0.411. The molecule has 2 rings (SSSR count). The maximum absolute atomic E-state index is 5.69. The Hall–Kier alpha value is -0.860. The Kier molecular flexibility index (Phi) is 3.62. The summed E-state index contributed by atoms with van der Waals surface area (Å²) in [6.45, 7) is 4.49. The number of nitrogens with two attached hydrogens (primary N) is 1. The van der Waals surface area contributed by atoms with Gasteiger partial charge in [-0.2, -0.15) is 0 Å². The van der Waals surface area contributed by atoms with Crippen molar-refractivity contribution >= 4 is 0 Å². The lowest BCUT2D eigenvalue weighted by molar-refractivity contribution is 0.343. The molecule has 16 heavy (non-hydrogen) atoms. The van der Waals surface area contributed by atoms with Crippen molar-refractivity contribution in [3.8, 4) is 0 Å². The topological polar surface area (TPSA) is 38.0 Å². The number of nitrogens with one attached hydrogen (secondary N) is 1. The Balaban J connectivity index is 2.03. The molecule has 1 fully saturated rings. The molecule has 0 aliphatic heterocycles. The van der Waals surface area contributed by atoms with Gasteiger partial charge in [0.25, 0.3) is 0 Å². The second-order valence-corrected chi connectivity index (χ2v) is 5.10. The van der Waals surface area contributed by atoms with Gasteiger partial charge in [0.2, 0.25) is 0 Å². The monoisotopic (exact) mass is 218 g/mol. The van der Waals surface area contributed by atoms with Crippen molar-refractivity contribution < 1.29 is 0 Å². The molecular formula is C14H22N2. The van der Waals surface area contributed by atoms with Crippen LogP contribution < -0.4 is 11.3 Å². The normalized spacial score (nSPS) is 19.4. The highest BCUT2D eigenvalue weighted by atomic mass is 15.2. The fraction of sp³-hybridized carbons (Fsp3) is 0.571. The van der Waals surface area contributed by atoms with E-state index in [0.717, 1.165) is 12.3 Å². The highest BCUT2D eigenvalue weighted by Gasteiger charge is 2.32. The molecule has 1 aromatic rings. The first-order valence-corrected chi connectivity index (χ1v) is 6.23. The van der Waals surface area contributed by atoms with Gasteiger partial charge >= 0.3 is 0 Å². The van der Waals surface area contributed by atoms with Crippen LogP contribution in [0, 0.1) is 18.8 Å². The Morgan fingerprint density at radius 2 is 2.06 bits per heavy atom. The van der Waals surface area contributed by atoms with Crippen molar-refractivity contribution in [1.82, 2.24) is 5.43 Å². The molecule has 1 aliphatic carbocycles. The van der Waals surface area contributed by atoms with Crippen LogP contribution >= 0.6 is 0 Å². The summed E-state index contributed by atoms with van der Waals surface area (Å²) >= 11 is 0. The van der Waals surface area contributed by atoms with E-state index in [-0.39, 0.29) is 0 Å². The fourth-order valence-corrected chi connectivity index (χ4v) is 2.42. The first-order valence-electron chi connectivity index (χ1n) is 6.23. The van der Waals surface area contributed by atoms with Gasteiger partial charge < -0.3 is 0 Å². The van der Waals surface area contributed by atoms with Gasteiger partial charge in [0.15, 0.2) is 0 Å². The zero-order valence-electron chi connectivity index (χ0n) is 10.2. The highest BCUT2D eigenvalue weighted by molar-refractivity contribution is 5.26. The van der Waals surface area contributed by atoms with Crippen LogP contribution in [-0.2, 0) is 6.42 Å². The molecule has 1 aromatic carbocycles. The SMILES string of the molecule is Cc1ccccc1CC(NN)C(C)C1CC1. The van der Waals surface area contributed by atoms with E-state index < -0.39 is 0 Å².